The number of ether oxygens (including phenoxy) is 1. The summed E-state index contributed by atoms with van der Waals surface area (Å²) in [7, 11) is 0. The fourth-order valence-electron chi connectivity index (χ4n) is 3.05. The van der Waals surface area contributed by atoms with Gasteiger partial charge in [0, 0.05) is 30.2 Å². The molecule has 0 spiro atoms. The molecule has 0 aromatic carbocycles. The lowest BCUT2D eigenvalue weighted by molar-refractivity contribution is 0.183. The van der Waals surface area contributed by atoms with E-state index >= 15 is 0 Å². The first-order valence-electron chi connectivity index (χ1n) is 8.46. The van der Waals surface area contributed by atoms with Crippen LogP contribution >= 0.6 is 0 Å². The van der Waals surface area contributed by atoms with E-state index in [9.17, 15) is 10.1 Å². The molecule has 3 aromatic heterocycles. The molecule has 2 atom stereocenters. The lowest BCUT2D eigenvalue weighted by Gasteiger charge is -2.21. The van der Waals surface area contributed by atoms with Crippen molar-refractivity contribution >= 4 is 5.82 Å². The van der Waals surface area contributed by atoms with Crippen LogP contribution in [0.5, 0.6) is 0 Å². The molecule has 2 unspecified atom stereocenters. The van der Waals surface area contributed by atoms with E-state index in [0.717, 1.165) is 5.56 Å². The lowest BCUT2D eigenvalue weighted by Crippen LogP contribution is -2.37. The zero-order valence-electron chi connectivity index (χ0n) is 14.3. The van der Waals surface area contributed by atoms with Crippen LogP contribution in [0.25, 0.3) is 11.3 Å². The summed E-state index contributed by atoms with van der Waals surface area (Å²) in [5.41, 5.74) is 1.78. The van der Waals surface area contributed by atoms with Crippen LogP contribution < -0.4 is 10.9 Å². The third-order valence-corrected chi connectivity index (χ3v) is 4.42. The fourth-order valence-corrected chi connectivity index (χ4v) is 3.05. The van der Waals surface area contributed by atoms with Gasteiger partial charge in [-0.1, -0.05) is 0 Å². The molecule has 0 saturated carbocycles. The van der Waals surface area contributed by atoms with Gasteiger partial charge in [-0.3, -0.25) is 9.78 Å². The molecular weight excluding hydrogens is 344 g/mol. The summed E-state index contributed by atoms with van der Waals surface area (Å²) >= 11 is 0. The molecule has 0 amide bonds. The van der Waals surface area contributed by atoms with Crippen LogP contribution in [0.2, 0.25) is 0 Å². The van der Waals surface area contributed by atoms with Crippen LogP contribution in [0, 0.1) is 11.3 Å². The van der Waals surface area contributed by atoms with Gasteiger partial charge in [0.15, 0.2) is 0 Å². The van der Waals surface area contributed by atoms with Crippen molar-refractivity contribution in [1.82, 2.24) is 19.7 Å². The molecule has 27 heavy (non-hydrogen) atoms. The number of aromatic nitrogens is 4. The largest absolute Gasteiger partial charge is 0.377 e. The van der Waals surface area contributed by atoms with Crippen molar-refractivity contribution in [3.8, 4) is 17.3 Å². The maximum absolute atomic E-state index is 12.4. The highest BCUT2D eigenvalue weighted by Crippen LogP contribution is 2.23. The third kappa shape index (κ3) is 3.41. The molecule has 4 heterocycles. The zero-order valence-corrected chi connectivity index (χ0v) is 14.3. The zero-order chi connectivity index (χ0) is 18.6. The molecule has 3 aromatic rings. The monoisotopic (exact) mass is 360 g/mol. The molecule has 8 heteroatoms. The Morgan fingerprint density at radius 3 is 2.81 bits per heavy atom. The molecule has 1 fully saturated rings. The molecule has 0 bridgehead atoms. The van der Waals surface area contributed by atoms with E-state index in [-0.39, 0.29) is 17.6 Å². The summed E-state index contributed by atoms with van der Waals surface area (Å²) in [6, 6.07) is 11.8. The van der Waals surface area contributed by atoms with Crippen LogP contribution in [0.3, 0.4) is 0 Å². The van der Waals surface area contributed by atoms with E-state index in [0.29, 0.717) is 30.3 Å². The number of pyridine rings is 2. The topological polar surface area (TPSA) is 106 Å². The summed E-state index contributed by atoms with van der Waals surface area (Å²) in [5.74, 6) is 0.471. The average molecular weight is 360 g/mol. The molecule has 1 aliphatic rings. The van der Waals surface area contributed by atoms with Crippen LogP contribution in [0.1, 0.15) is 11.6 Å². The summed E-state index contributed by atoms with van der Waals surface area (Å²) in [6.45, 7) is 0.735. The van der Waals surface area contributed by atoms with Gasteiger partial charge in [-0.25, -0.2) is 9.67 Å². The van der Waals surface area contributed by atoms with Gasteiger partial charge >= 0.3 is 0 Å². The van der Waals surface area contributed by atoms with Gasteiger partial charge in [0.25, 0.3) is 5.56 Å². The number of anilines is 1. The van der Waals surface area contributed by atoms with Gasteiger partial charge in [-0.2, -0.15) is 10.4 Å². The number of nitriles is 1. The summed E-state index contributed by atoms with van der Waals surface area (Å²) in [4.78, 5) is 20.7. The van der Waals surface area contributed by atoms with Gasteiger partial charge in [-0.05, 0) is 30.3 Å². The maximum atomic E-state index is 12.4. The number of hydrogen-bond donors (Lipinski definition) is 1. The van der Waals surface area contributed by atoms with E-state index in [1.54, 1.807) is 36.8 Å². The molecule has 1 saturated heterocycles. The van der Waals surface area contributed by atoms with Crippen molar-refractivity contribution in [2.75, 3.05) is 18.5 Å². The second-order valence-corrected chi connectivity index (χ2v) is 6.10. The Morgan fingerprint density at radius 2 is 2.00 bits per heavy atom. The molecule has 8 nitrogen and oxygen atoms in total. The quantitative estimate of drug-likeness (QED) is 0.753. The lowest BCUT2D eigenvalue weighted by atomic mass is 10.1. The van der Waals surface area contributed by atoms with Crippen molar-refractivity contribution < 1.29 is 4.74 Å². The molecule has 134 valence electrons. The predicted octanol–water partition coefficient (Wildman–Crippen LogP) is 1.62. The Bertz CT molecular complexity index is 1040. The molecule has 0 aliphatic carbocycles. The number of nitrogens with one attached hydrogen (secondary N) is 1. The number of nitrogens with zero attached hydrogens (tertiary/aromatic N) is 5. The van der Waals surface area contributed by atoms with Crippen molar-refractivity contribution in [3.63, 3.8) is 0 Å². The predicted molar refractivity (Wildman–Crippen MR) is 97.9 cm³/mol. The highest BCUT2D eigenvalue weighted by Gasteiger charge is 2.32. The first-order chi connectivity index (χ1) is 13.3. The molecule has 0 radical (unpaired) electrons. The van der Waals surface area contributed by atoms with E-state index in [2.05, 4.69) is 26.5 Å². The normalized spacial score (nSPS) is 18.8. The Morgan fingerprint density at radius 1 is 1.15 bits per heavy atom. The third-order valence-electron chi connectivity index (χ3n) is 4.42. The highest BCUT2D eigenvalue weighted by atomic mass is 16.5. The molecule has 4 rings (SSSR count). The van der Waals surface area contributed by atoms with E-state index in [1.165, 1.54) is 10.7 Å². The highest BCUT2D eigenvalue weighted by molar-refractivity contribution is 5.57. The van der Waals surface area contributed by atoms with E-state index in [1.807, 2.05) is 12.1 Å². The van der Waals surface area contributed by atoms with Crippen molar-refractivity contribution in [2.45, 2.75) is 12.1 Å². The van der Waals surface area contributed by atoms with Crippen LogP contribution in [0.4, 0.5) is 5.82 Å². The fraction of sp³-hybridized carbons (Fsp3) is 0.211. The van der Waals surface area contributed by atoms with Crippen LogP contribution in [-0.4, -0.2) is 39.0 Å². The second-order valence-electron chi connectivity index (χ2n) is 6.10. The first kappa shape index (κ1) is 16.9. The second kappa shape index (κ2) is 7.35. The van der Waals surface area contributed by atoms with E-state index < -0.39 is 0 Å². The maximum Gasteiger partial charge on any atom is 0.267 e. The minimum absolute atomic E-state index is 0.211. The first-order valence-corrected chi connectivity index (χ1v) is 8.46. The van der Waals surface area contributed by atoms with Gasteiger partial charge < -0.3 is 10.1 Å². The molecule has 1 aliphatic heterocycles. The average Bonchev–Trinajstić information content (AvgIpc) is 3.17. The number of hydrogen-bond acceptors (Lipinski definition) is 7. The minimum atomic E-state index is -0.312. The standard InChI is InChI=1S/C19H16N6O2/c20-10-14-2-1-7-22-19(14)23-16-11-27-12-17(16)25-18(26)4-3-15(24-25)13-5-8-21-9-6-13/h1-9,16-17H,11-12H2,(H,22,23). The Kier molecular flexibility index (Phi) is 4.60. The summed E-state index contributed by atoms with van der Waals surface area (Å²) in [6.07, 6.45) is 4.97. The minimum Gasteiger partial charge on any atom is -0.377 e. The van der Waals surface area contributed by atoms with Gasteiger partial charge in [-0.15, -0.1) is 0 Å². The Balaban J connectivity index is 1.66. The van der Waals surface area contributed by atoms with Crippen LogP contribution in [-0.2, 0) is 4.74 Å². The van der Waals surface area contributed by atoms with Gasteiger partial charge in [0.2, 0.25) is 0 Å². The van der Waals surface area contributed by atoms with Crippen molar-refractivity contribution in [1.29, 1.82) is 5.26 Å². The van der Waals surface area contributed by atoms with Crippen molar-refractivity contribution in [2.24, 2.45) is 0 Å². The SMILES string of the molecule is N#Cc1cccnc1NC1COCC1n1nc(-c2ccncc2)ccc1=O. The van der Waals surface area contributed by atoms with E-state index in [4.69, 9.17) is 4.74 Å². The van der Waals surface area contributed by atoms with Gasteiger partial charge in [0.05, 0.1) is 30.5 Å². The summed E-state index contributed by atoms with van der Waals surface area (Å²) < 4.78 is 7.03. The number of rotatable bonds is 4. The molecule has 1 N–H and O–H groups in total. The summed E-state index contributed by atoms with van der Waals surface area (Å²) in [5, 5.41) is 17.0. The smallest absolute Gasteiger partial charge is 0.267 e. The Hall–Kier alpha value is -3.57. The Labute approximate surface area is 155 Å². The van der Waals surface area contributed by atoms with Crippen molar-refractivity contribution in [3.05, 3.63) is 70.9 Å². The van der Waals surface area contributed by atoms with Crippen LogP contribution in [0.15, 0.2) is 59.8 Å². The molecular formula is C19H16N6O2. The van der Waals surface area contributed by atoms with Gasteiger partial charge in [0.1, 0.15) is 17.9 Å².